The zero-order chi connectivity index (χ0) is 15.0. The van der Waals surface area contributed by atoms with E-state index in [1.54, 1.807) is 0 Å². The lowest BCUT2D eigenvalue weighted by Gasteiger charge is -2.36. The Morgan fingerprint density at radius 3 is 2.55 bits per heavy atom. The first-order valence-corrected chi connectivity index (χ1v) is 7.23. The monoisotopic (exact) mass is 280 g/mol. The lowest BCUT2D eigenvalue weighted by Crippen LogP contribution is -2.58. The molecule has 112 valence electrons. The van der Waals surface area contributed by atoms with E-state index in [1.165, 1.54) is 0 Å². The molecule has 1 aliphatic carbocycles. The van der Waals surface area contributed by atoms with Gasteiger partial charge in [0.1, 0.15) is 5.54 Å². The van der Waals surface area contributed by atoms with Gasteiger partial charge >= 0.3 is 12.0 Å². The van der Waals surface area contributed by atoms with Crippen molar-refractivity contribution in [3.63, 3.8) is 0 Å². The number of carboxylic acid groups (broad SMARTS) is 1. The second-order valence-electron chi connectivity index (χ2n) is 5.61. The Morgan fingerprint density at radius 1 is 1.35 bits per heavy atom. The van der Waals surface area contributed by atoms with E-state index in [9.17, 15) is 14.7 Å². The number of hydrogen-bond acceptors (Lipinski definition) is 2. The molecule has 20 heavy (non-hydrogen) atoms. The van der Waals surface area contributed by atoms with Gasteiger partial charge in [-0.2, -0.15) is 0 Å². The summed E-state index contributed by atoms with van der Waals surface area (Å²) in [7, 11) is 0. The lowest BCUT2D eigenvalue weighted by atomic mass is 9.77. The number of amides is 2. The summed E-state index contributed by atoms with van der Waals surface area (Å²) in [5.41, 5.74) is -1.10. The molecule has 5 nitrogen and oxygen atoms in total. The van der Waals surface area contributed by atoms with E-state index in [-0.39, 0.29) is 0 Å². The van der Waals surface area contributed by atoms with Gasteiger partial charge in [-0.1, -0.05) is 6.92 Å². The van der Waals surface area contributed by atoms with Gasteiger partial charge in [0.25, 0.3) is 0 Å². The summed E-state index contributed by atoms with van der Waals surface area (Å²) in [5, 5.41) is 14.8. The molecule has 1 aliphatic rings. The number of terminal acetylenes is 1. The van der Waals surface area contributed by atoms with Crippen LogP contribution in [-0.2, 0) is 4.79 Å². The first kappa shape index (κ1) is 16.4. The molecule has 5 heteroatoms. The van der Waals surface area contributed by atoms with Crippen molar-refractivity contribution in [2.24, 2.45) is 5.92 Å². The minimum atomic E-state index is -1.10. The highest BCUT2D eigenvalue weighted by molar-refractivity contribution is 5.86. The van der Waals surface area contributed by atoms with Crippen molar-refractivity contribution in [3.05, 3.63) is 0 Å². The van der Waals surface area contributed by atoms with Crippen LogP contribution in [-0.4, -0.2) is 29.2 Å². The standard InChI is InChI=1S/C15H24N2O3/c1-3-4-5-6-11-16-14(20)17-15(13(18)19)9-7-12(2)8-10-15/h1,12H,4-11H2,2H3,(H,18,19)(H2,16,17,20). The van der Waals surface area contributed by atoms with E-state index in [0.717, 1.165) is 25.7 Å². The largest absolute Gasteiger partial charge is 0.480 e. The van der Waals surface area contributed by atoms with Crippen LogP contribution in [0.5, 0.6) is 0 Å². The van der Waals surface area contributed by atoms with Gasteiger partial charge < -0.3 is 15.7 Å². The van der Waals surface area contributed by atoms with Crippen molar-refractivity contribution >= 4 is 12.0 Å². The van der Waals surface area contributed by atoms with E-state index >= 15 is 0 Å². The maximum atomic E-state index is 11.8. The average Bonchev–Trinajstić information content (AvgIpc) is 2.41. The van der Waals surface area contributed by atoms with Crippen LogP contribution in [0.1, 0.15) is 51.9 Å². The number of carboxylic acids is 1. The highest BCUT2D eigenvalue weighted by Crippen LogP contribution is 2.32. The summed E-state index contributed by atoms with van der Waals surface area (Å²) < 4.78 is 0. The van der Waals surface area contributed by atoms with Crippen LogP contribution >= 0.6 is 0 Å². The summed E-state index contributed by atoms with van der Waals surface area (Å²) in [5.74, 6) is 2.13. The molecule has 0 saturated heterocycles. The molecule has 0 atom stereocenters. The van der Waals surface area contributed by atoms with E-state index in [4.69, 9.17) is 6.42 Å². The molecule has 0 spiro atoms. The van der Waals surface area contributed by atoms with Crippen molar-refractivity contribution in [2.75, 3.05) is 6.54 Å². The minimum absolute atomic E-state index is 0.400. The van der Waals surface area contributed by atoms with Gasteiger partial charge in [0.05, 0.1) is 0 Å². The molecular weight excluding hydrogens is 256 g/mol. The predicted octanol–water partition coefficient (Wildman–Crippen LogP) is 2.12. The summed E-state index contributed by atoms with van der Waals surface area (Å²) in [4.78, 5) is 23.3. The van der Waals surface area contributed by atoms with Gasteiger partial charge in [-0.3, -0.25) is 0 Å². The smallest absolute Gasteiger partial charge is 0.329 e. The molecule has 3 N–H and O–H groups in total. The van der Waals surface area contributed by atoms with Crippen molar-refractivity contribution in [3.8, 4) is 12.3 Å². The topological polar surface area (TPSA) is 78.4 Å². The Hall–Kier alpha value is -1.70. The van der Waals surface area contributed by atoms with Crippen LogP contribution in [0.15, 0.2) is 0 Å². The third-order valence-corrected chi connectivity index (χ3v) is 3.92. The van der Waals surface area contributed by atoms with Crippen LogP contribution < -0.4 is 10.6 Å². The van der Waals surface area contributed by atoms with Crippen LogP contribution in [0.4, 0.5) is 4.79 Å². The molecule has 1 fully saturated rings. The molecule has 0 aromatic carbocycles. The summed E-state index contributed by atoms with van der Waals surface area (Å²) in [6.45, 7) is 2.62. The molecule has 0 heterocycles. The third-order valence-electron chi connectivity index (χ3n) is 3.92. The fourth-order valence-corrected chi connectivity index (χ4v) is 2.46. The number of urea groups is 1. The number of hydrogen-bond donors (Lipinski definition) is 3. The number of nitrogens with one attached hydrogen (secondary N) is 2. The van der Waals surface area contributed by atoms with Crippen molar-refractivity contribution in [1.82, 2.24) is 10.6 Å². The first-order chi connectivity index (χ1) is 9.50. The third kappa shape index (κ3) is 4.76. The number of rotatable bonds is 6. The Labute approximate surface area is 120 Å². The molecular formula is C15H24N2O3. The highest BCUT2D eigenvalue weighted by Gasteiger charge is 2.42. The number of aliphatic carboxylic acids is 1. The fraction of sp³-hybridized carbons (Fsp3) is 0.733. The van der Waals surface area contributed by atoms with E-state index in [1.807, 2.05) is 0 Å². The first-order valence-electron chi connectivity index (χ1n) is 7.23. The van der Waals surface area contributed by atoms with Gasteiger partial charge in [-0.15, -0.1) is 12.3 Å². The van der Waals surface area contributed by atoms with E-state index in [0.29, 0.717) is 31.7 Å². The lowest BCUT2D eigenvalue weighted by molar-refractivity contribution is -0.146. The Balaban J connectivity index is 2.40. The zero-order valence-corrected chi connectivity index (χ0v) is 12.1. The number of carbonyl (C=O) groups excluding carboxylic acids is 1. The minimum Gasteiger partial charge on any atom is -0.480 e. The second-order valence-corrected chi connectivity index (χ2v) is 5.61. The molecule has 0 aromatic heterocycles. The molecule has 1 saturated carbocycles. The van der Waals surface area contributed by atoms with Crippen LogP contribution in [0.3, 0.4) is 0 Å². The van der Waals surface area contributed by atoms with Crippen LogP contribution in [0.25, 0.3) is 0 Å². The normalized spacial score (nSPS) is 25.5. The van der Waals surface area contributed by atoms with Gasteiger partial charge in [0.2, 0.25) is 0 Å². The van der Waals surface area contributed by atoms with Crippen molar-refractivity contribution in [2.45, 2.75) is 57.4 Å². The average molecular weight is 280 g/mol. The Kier molecular flexibility index (Phi) is 6.37. The Bertz CT molecular complexity index is 379. The van der Waals surface area contributed by atoms with Crippen molar-refractivity contribution < 1.29 is 14.7 Å². The maximum Gasteiger partial charge on any atom is 0.329 e. The molecule has 1 rings (SSSR count). The molecule has 0 aromatic rings. The van der Waals surface area contributed by atoms with E-state index < -0.39 is 17.5 Å². The predicted molar refractivity (Wildman–Crippen MR) is 77.2 cm³/mol. The van der Waals surface area contributed by atoms with Crippen LogP contribution in [0.2, 0.25) is 0 Å². The molecule has 0 radical (unpaired) electrons. The molecule has 0 unspecified atom stereocenters. The highest BCUT2D eigenvalue weighted by atomic mass is 16.4. The van der Waals surface area contributed by atoms with Gasteiger partial charge in [-0.05, 0) is 44.4 Å². The summed E-state index contributed by atoms with van der Waals surface area (Å²) >= 11 is 0. The zero-order valence-electron chi connectivity index (χ0n) is 12.1. The summed E-state index contributed by atoms with van der Waals surface area (Å²) in [6, 6.07) is -0.400. The second kappa shape index (κ2) is 7.78. The molecule has 0 aliphatic heterocycles. The number of carbonyl (C=O) groups is 2. The Morgan fingerprint density at radius 2 is 2.00 bits per heavy atom. The van der Waals surface area contributed by atoms with Crippen LogP contribution in [0, 0.1) is 18.3 Å². The quantitative estimate of drug-likeness (QED) is 0.515. The van der Waals surface area contributed by atoms with E-state index in [2.05, 4.69) is 23.5 Å². The van der Waals surface area contributed by atoms with Gasteiger partial charge in [0.15, 0.2) is 0 Å². The fourth-order valence-electron chi connectivity index (χ4n) is 2.46. The maximum absolute atomic E-state index is 11.8. The van der Waals surface area contributed by atoms with Gasteiger partial charge in [0, 0.05) is 13.0 Å². The molecule has 0 bridgehead atoms. The molecule has 2 amide bonds. The summed E-state index contributed by atoms with van der Waals surface area (Å²) in [6.07, 6.45) is 10.1. The van der Waals surface area contributed by atoms with Crippen molar-refractivity contribution in [1.29, 1.82) is 0 Å². The number of unbranched alkanes of at least 4 members (excludes halogenated alkanes) is 2. The SMILES string of the molecule is C#CCCCCNC(=O)NC1(C(=O)O)CCC(C)CC1. The van der Waals surface area contributed by atoms with Gasteiger partial charge in [-0.25, -0.2) is 9.59 Å².